The Hall–Kier alpha value is -3.52. The maximum absolute atomic E-state index is 13.0. The predicted octanol–water partition coefficient (Wildman–Crippen LogP) is 4.96. The summed E-state index contributed by atoms with van der Waals surface area (Å²) in [5.74, 6) is 0.0125. The van der Waals surface area contributed by atoms with E-state index in [1.807, 2.05) is 39.0 Å². The number of esters is 1. The van der Waals surface area contributed by atoms with Gasteiger partial charge >= 0.3 is 5.97 Å². The van der Waals surface area contributed by atoms with Crippen molar-refractivity contribution < 1.29 is 24.2 Å². The van der Waals surface area contributed by atoms with E-state index >= 15 is 0 Å². The molecule has 1 aliphatic heterocycles. The fraction of sp³-hybridized carbons (Fsp3) is 0.280. The maximum atomic E-state index is 13.0. The smallest absolute Gasteiger partial charge is 0.348 e. The number of phenols is 1. The van der Waals surface area contributed by atoms with E-state index in [-0.39, 0.29) is 18.3 Å². The molecule has 33 heavy (non-hydrogen) atoms. The van der Waals surface area contributed by atoms with Crippen molar-refractivity contribution in [3.05, 3.63) is 57.8 Å². The van der Waals surface area contributed by atoms with E-state index < -0.39 is 11.5 Å². The number of methoxy groups -OCH3 is 1. The van der Waals surface area contributed by atoms with Gasteiger partial charge in [0.05, 0.1) is 18.5 Å². The number of aryl methyl sites for hydroxylation is 1. The van der Waals surface area contributed by atoms with Gasteiger partial charge < -0.3 is 24.8 Å². The van der Waals surface area contributed by atoms with Crippen LogP contribution in [0.15, 0.2) is 42.5 Å². The SMILES string of the molecule is COc1cc(O)ccc1-c1ccc2c(c1COC(=O)c1ccc(C)s1)N(C)C(=O)C(C)(C)N2. The molecule has 4 rings (SSSR count). The summed E-state index contributed by atoms with van der Waals surface area (Å²) in [5, 5.41) is 13.2. The lowest BCUT2D eigenvalue weighted by Gasteiger charge is -2.39. The highest BCUT2D eigenvalue weighted by Crippen LogP contribution is 2.44. The molecule has 1 aromatic heterocycles. The summed E-state index contributed by atoms with van der Waals surface area (Å²) in [4.78, 5) is 28.9. The zero-order valence-corrected chi connectivity index (χ0v) is 20.0. The van der Waals surface area contributed by atoms with Crippen LogP contribution in [0.4, 0.5) is 11.4 Å². The summed E-state index contributed by atoms with van der Waals surface area (Å²) in [6, 6.07) is 12.2. The fourth-order valence-corrected chi connectivity index (χ4v) is 4.85. The second-order valence-corrected chi connectivity index (χ2v) is 9.76. The molecular weight excluding hydrogens is 440 g/mol. The number of carbonyl (C=O) groups excluding carboxylic acids is 2. The molecule has 2 N–H and O–H groups in total. The van der Waals surface area contributed by atoms with Gasteiger partial charge in [0.25, 0.3) is 5.91 Å². The number of benzene rings is 2. The number of hydrogen-bond donors (Lipinski definition) is 2. The van der Waals surface area contributed by atoms with Crippen LogP contribution in [0.1, 0.15) is 34.0 Å². The van der Waals surface area contributed by atoms with Gasteiger partial charge in [0, 0.05) is 29.1 Å². The van der Waals surface area contributed by atoms with E-state index in [2.05, 4.69) is 5.32 Å². The van der Waals surface area contributed by atoms with Crippen LogP contribution in [0, 0.1) is 6.92 Å². The van der Waals surface area contributed by atoms with Crippen molar-refractivity contribution in [2.45, 2.75) is 32.9 Å². The molecule has 3 aromatic rings. The van der Waals surface area contributed by atoms with Crippen molar-refractivity contribution in [1.82, 2.24) is 0 Å². The number of rotatable bonds is 5. The number of aromatic hydroxyl groups is 1. The number of thiophene rings is 1. The van der Waals surface area contributed by atoms with Gasteiger partial charge in [-0.2, -0.15) is 0 Å². The first-order chi connectivity index (χ1) is 15.6. The molecule has 2 aromatic carbocycles. The normalized spacial score (nSPS) is 14.5. The summed E-state index contributed by atoms with van der Waals surface area (Å²) >= 11 is 1.37. The molecule has 0 spiro atoms. The first-order valence-electron chi connectivity index (χ1n) is 10.5. The third-order valence-corrected chi connectivity index (χ3v) is 6.65. The molecule has 0 fully saturated rings. The van der Waals surface area contributed by atoms with E-state index in [4.69, 9.17) is 9.47 Å². The van der Waals surface area contributed by atoms with Crippen LogP contribution >= 0.6 is 11.3 Å². The zero-order valence-electron chi connectivity index (χ0n) is 19.2. The Morgan fingerprint density at radius 3 is 2.55 bits per heavy atom. The molecule has 0 radical (unpaired) electrons. The highest BCUT2D eigenvalue weighted by atomic mass is 32.1. The van der Waals surface area contributed by atoms with Crippen LogP contribution < -0.4 is 15.0 Å². The molecule has 0 bridgehead atoms. The second-order valence-electron chi connectivity index (χ2n) is 8.47. The zero-order chi connectivity index (χ0) is 23.9. The molecule has 7 nitrogen and oxygen atoms in total. The Bertz CT molecular complexity index is 1250. The minimum Gasteiger partial charge on any atom is -0.508 e. The minimum atomic E-state index is -0.776. The number of carbonyl (C=O) groups is 2. The molecular formula is C25H26N2O5S. The Morgan fingerprint density at radius 1 is 1.15 bits per heavy atom. The largest absolute Gasteiger partial charge is 0.508 e. The van der Waals surface area contributed by atoms with Crippen molar-refractivity contribution in [1.29, 1.82) is 0 Å². The third kappa shape index (κ3) is 4.14. The van der Waals surface area contributed by atoms with E-state index in [0.29, 0.717) is 27.4 Å². The highest BCUT2D eigenvalue weighted by Gasteiger charge is 2.38. The number of likely N-dealkylation sites (N-methyl/N-ethyl adjacent to an activating group) is 1. The van der Waals surface area contributed by atoms with Gasteiger partial charge in [0.15, 0.2) is 0 Å². The minimum absolute atomic E-state index is 0.0436. The lowest BCUT2D eigenvalue weighted by molar-refractivity contribution is -0.121. The number of phenolic OH excluding ortho intramolecular Hbond substituents is 1. The van der Waals surface area contributed by atoms with Gasteiger partial charge in [0.2, 0.25) is 0 Å². The summed E-state index contributed by atoms with van der Waals surface area (Å²) in [6.07, 6.45) is 0. The topological polar surface area (TPSA) is 88.1 Å². The lowest BCUT2D eigenvalue weighted by atomic mass is 9.92. The Morgan fingerprint density at radius 2 is 1.88 bits per heavy atom. The Balaban J connectivity index is 1.84. The average Bonchev–Trinajstić information content (AvgIpc) is 3.22. The van der Waals surface area contributed by atoms with Crippen LogP contribution in [-0.2, 0) is 16.1 Å². The number of hydrogen-bond acceptors (Lipinski definition) is 7. The Kier molecular flexibility index (Phi) is 5.80. The van der Waals surface area contributed by atoms with Crippen LogP contribution in [0.2, 0.25) is 0 Å². The van der Waals surface area contributed by atoms with Gasteiger partial charge in [-0.05, 0) is 56.7 Å². The lowest BCUT2D eigenvalue weighted by Crippen LogP contribution is -2.52. The molecule has 0 aliphatic carbocycles. The van der Waals surface area contributed by atoms with E-state index in [9.17, 15) is 14.7 Å². The molecule has 0 atom stereocenters. The molecule has 0 unspecified atom stereocenters. The molecule has 8 heteroatoms. The van der Waals surface area contributed by atoms with Crippen molar-refractivity contribution in [2.24, 2.45) is 0 Å². The van der Waals surface area contributed by atoms with Crippen molar-refractivity contribution in [3.63, 3.8) is 0 Å². The van der Waals surface area contributed by atoms with Gasteiger partial charge in [-0.3, -0.25) is 4.79 Å². The molecule has 1 aliphatic rings. The number of nitrogens with zero attached hydrogens (tertiary/aromatic N) is 1. The Labute approximate surface area is 196 Å². The van der Waals surface area contributed by atoms with Gasteiger partial charge in [0.1, 0.15) is 28.5 Å². The van der Waals surface area contributed by atoms with Gasteiger partial charge in [-0.15, -0.1) is 11.3 Å². The van der Waals surface area contributed by atoms with Crippen molar-refractivity contribution in [3.8, 4) is 22.6 Å². The van der Waals surface area contributed by atoms with E-state index in [1.54, 1.807) is 30.1 Å². The molecule has 1 amide bonds. The second kappa shape index (κ2) is 8.44. The quantitative estimate of drug-likeness (QED) is 0.517. The number of fused-ring (bicyclic) bond motifs is 1. The molecule has 172 valence electrons. The third-order valence-electron chi connectivity index (χ3n) is 5.67. The standard InChI is InChI=1S/C25H26N2O5S/c1-14-6-11-21(33-14)23(29)32-13-18-16(17-8-7-15(28)12-20(17)31-5)9-10-19-22(18)27(4)24(30)25(2,3)26-19/h6-12,26,28H,13H2,1-5H3. The molecule has 0 saturated carbocycles. The van der Waals surface area contributed by atoms with Crippen LogP contribution in [0.5, 0.6) is 11.5 Å². The van der Waals surface area contributed by atoms with Crippen molar-refractivity contribution >= 4 is 34.6 Å². The summed E-state index contributed by atoms with van der Waals surface area (Å²) in [6.45, 7) is 5.53. The maximum Gasteiger partial charge on any atom is 0.348 e. The number of amides is 1. The molecule has 2 heterocycles. The van der Waals surface area contributed by atoms with Crippen LogP contribution in [0.25, 0.3) is 11.1 Å². The van der Waals surface area contributed by atoms with Gasteiger partial charge in [-0.25, -0.2) is 4.79 Å². The number of nitrogens with one attached hydrogen (secondary N) is 1. The van der Waals surface area contributed by atoms with Crippen LogP contribution in [0.3, 0.4) is 0 Å². The summed E-state index contributed by atoms with van der Waals surface area (Å²) in [5.41, 5.74) is 2.74. The summed E-state index contributed by atoms with van der Waals surface area (Å²) < 4.78 is 11.2. The predicted molar refractivity (Wildman–Crippen MR) is 129 cm³/mol. The van der Waals surface area contributed by atoms with Crippen molar-refractivity contribution in [2.75, 3.05) is 24.4 Å². The highest BCUT2D eigenvalue weighted by molar-refractivity contribution is 7.13. The average molecular weight is 467 g/mol. The number of ether oxygens (including phenoxy) is 2. The van der Waals surface area contributed by atoms with Gasteiger partial charge in [-0.1, -0.05) is 6.07 Å². The van der Waals surface area contributed by atoms with Crippen LogP contribution in [-0.4, -0.2) is 36.7 Å². The number of anilines is 2. The first kappa shape index (κ1) is 22.7. The molecule has 0 saturated heterocycles. The van der Waals surface area contributed by atoms with E-state index in [0.717, 1.165) is 16.1 Å². The fourth-order valence-electron chi connectivity index (χ4n) is 4.09. The summed E-state index contributed by atoms with van der Waals surface area (Å²) in [7, 11) is 3.24. The van der Waals surface area contributed by atoms with E-state index in [1.165, 1.54) is 24.5 Å². The monoisotopic (exact) mass is 466 g/mol. The first-order valence-corrected chi connectivity index (χ1v) is 11.3.